The highest BCUT2D eigenvalue weighted by atomic mass is 32.2. The van der Waals surface area contributed by atoms with Crippen molar-refractivity contribution < 1.29 is 19.1 Å². The van der Waals surface area contributed by atoms with Crippen molar-refractivity contribution >= 4 is 57.3 Å². The molecule has 1 saturated heterocycles. The summed E-state index contributed by atoms with van der Waals surface area (Å²) in [5.74, 6) is -1.20. The molecule has 1 aromatic carbocycles. The summed E-state index contributed by atoms with van der Waals surface area (Å²) >= 11 is 6.28. The van der Waals surface area contributed by atoms with Crippen LogP contribution in [0, 0.1) is 0 Å². The number of thioether (sulfide) groups is 1. The summed E-state index contributed by atoms with van der Waals surface area (Å²) in [7, 11) is 1.66. The molecule has 0 aliphatic carbocycles. The minimum absolute atomic E-state index is 0.243. The Labute approximate surface area is 154 Å². The molecule has 25 heavy (non-hydrogen) atoms. The van der Waals surface area contributed by atoms with Crippen molar-refractivity contribution in [3.8, 4) is 0 Å². The van der Waals surface area contributed by atoms with Crippen LogP contribution in [0.4, 0.5) is 5.69 Å². The highest BCUT2D eigenvalue weighted by Crippen LogP contribution is 2.43. The largest absolute Gasteiger partial charge is 0.464 e. The first-order valence-electron chi connectivity index (χ1n) is 7.76. The van der Waals surface area contributed by atoms with Crippen LogP contribution in [0.1, 0.15) is 18.9 Å². The number of carbonyl (C=O) groups is 3. The Balaban J connectivity index is 1.93. The molecule has 1 aromatic rings. The van der Waals surface area contributed by atoms with Crippen molar-refractivity contribution in [1.82, 2.24) is 4.90 Å². The Kier molecular flexibility index (Phi) is 4.91. The van der Waals surface area contributed by atoms with E-state index in [9.17, 15) is 14.4 Å². The number of carbonyl (C=O) groups excluding carboxylic acids is 3. The van der Waals surface area contributed by atoms with Gasteiger partial charge in [-0.3, -0.25) is 19.3 Å². The van der Waals surface area contributed by atoms with E-state index in [2.05, 4.69) is 0 Å². The second-order valence-electron chi connectivity index (χ2n) is 5.57. The van der Waals surface area contributed by atoms with Crippen molar-refractivity contribution in [2.24, 2.45) is 0 Å². The average molecular weight is 376 g/mol. The van der Waals surface area contributed by atoms with Crippen LogP contribution < -0.4 is 4.90 Å². The maximum atomic E-state index is 12.8. The van der Waals surface area contributed by atoms with Gasteiger partial charge in [-0.15, -0.1) is 0 Å². The molecule has 2 amide bonds. The highest BCUT2D eigenvalue weighted by molar-refractivity contribution is 8.26. The minimum atomic E-state index is -0.514. The Morgan fingerprint density at radius 2 is 1.96 bits per heavy atom. The number of anilines is 1. The standard InChI is InChI=1S/C17H16N2O4S2/c1-3-8-23-12(20)9-19-16(22)14(25-17(19)24)13-10-6-4-5-7-11(10)18(2)15(13)21/h4-7H,3,8-9H2,1-2H3/b14-13-. The molecule has 2 heterocycles. The molecular weight excluding hydrogens is 360 g/mol. The molecule has 0 bridgehead atoms. The number of amides is 2. The van der Waals surface area contributed by atoms with E-state index < -0.39 is 11.9 Å². The normalized spacial score (nSPS) is 19.7. The topological polar surface area (TPSA) is 66.9 Å². The molecule has 0 atom stereocenters. The predicted octanol–water partition coefficient (Wildman–Crippen LogP) is 2.19. The molecule has 1 fully saturated rings. The Morgan fingerprint density at radius 3 is 2.68 bits per heavy atom. The predicted molar refractivity (Wildman–Crippen MR) is 99.9 cm³/mol. The molecule has 0 saturated carbocycles. The van der Waals surface area contributed by atoms with E-state index in [0.717, 1.165) is 17.4 Å². The fraction of sp³-hybridized carbons (Fsp3) is 0.294. The van der Waals surface area contributed by atoms with E-state index in [1.807, 2.05) is 25.1 Å². The number of rotatable bonds is 4. The van der Waals surface area contributed by atoms with Crippen LogP contribution in [0.2, 0.25) is 0 Å². The first-order valence-corrected chi connectivity index (χ1v) is 8.99. The molecule has 0 radical (unpaired) electrons. The SMILES string of the molecule is CCCOC(=O)CN1C(=O)/C(=C2/C(=O)N(C)c3ccccc32)SC1=S. The molecular formula is C17H16N2O4S2. The summed E-state index contributed by atoms with van der Waals surface area (Å²) in [5.41, 5.74) is 1.78. The number of fused-ring (bicyclic) bond motifs is 1. The van der Waals surface area contributed by atoms with Crippen LogP contribution in [-0.2, 0) is 19.1 Å². The lowest BCUT2D eigenvalue weighted by molar-refractivity contribution is -0.146. The zero-order valence-electron chi connectivity index (χ0n) is 13.8. The van der Waals surface area contributed by atoms with Gasteiger partial charge in [0.05, 0.1) is 22.8 Å². The zero-order valence-corrected chi connectivity index (χ0v) is 15.4. The van der Waals surface area contributed by atoms with Crippen LogP contribution in [0.3, 0.4) is 0 Å². The van der Waals surface area contributed by atoms with Gasteiger partial charge < -0.3 is 9.64 Å². The van der Waals surface area contributed by atoms with Crippen molar-refractivity contribution in [2.45, 2.75) is 13.3 Å². The van der Waals surface area contributed by atoms with Crippen LogP contribution >= 0.6 is 24.0 Å². The molecule has 0 unspecified atom stereocenters. The van der Waals surface area contributed by atoms with Crippen molar-refractivity contribution in [3.05, 3.63) is 34.7 Å². The number of esters is 1. The van der Waals surface area contributed by atoms with Gasteiger partial charge in [0, 0.05) is 12.6 Å². The Bertz CT molecular complexity index is 819. The van der Waals surface area contributed by atoms with Gasteiger partial charge >= 0.3 is 5.97 Å². The summed E-state index contributed by atoms with van der Waals surface area (Å²) in [4.78, 5) is 40.1. The number of hydrogen-bond donors (Lipinski definition) is 0. The molecule has 8 heteroatoms. The van der Waals surface area contributed by atoms with Gasteiger partial charge in [-0.25, -0.2) is 0 Å². The lowest BCUT2D eigenvalue weighted by Crippen LogP contribution is -2.34. The minimum Gasteiger partial charge on any atom is -0.464 e. The number of likely N-dealkylation sites (N-methyl/N-ethyl adjacent to an activating group) is 1. The van der Waals surface area contributed by atoms with Gasteiger partial charge in [0.2, 0.25) is 0 Å². The molecule has 130 valence electrons. The Morgan fingerprint density at radius 1 is 1.24 bits per heavy atom. The first-order chi connectivity index (χ1) is 12.0. The summed E-state index contributed by atoms with van der Waals surface area (Å²) < 4.78 is 5.26. The molecule has 2 aliphatic rings. The van der Waals surface area contributed by atoms with Gasteiger partial charge in [-0.05, 0) is 12.5 Å². The Hall–Kier alpha value is -2.19. The second-order valence-corrected chi connectivity index (χ2v) is 7.21. The van der Waals surface area contributed by atoms with Crippen molar-refractivity contribution in [1.29, 1.82) is 0 Å². The molecule has 3 rings (SSSR count). The maximum Gasteiger partial charge on any atom is 0.326 e. The average Bonchev–Trinajstić information content (AvgIpc) is 3.01. The van der Waals surface area contributed by atoms with E-state index in [1.54, 1.807) is 13.1 Å². The van der Waals surface area contributed by atoms with Gasteiger partial charge in [-0.1, -0.05) is 49.1 Å². The van der Waals surface area contributed by atoms with Crippen LogP contribution in [0.15, 0.2) is 29.2 Å². The summed E-state index contributed by atoms with van der Waals surface area (Å²) in [6.07, 6.45) is 0.700. The number of nitrogens with zero attached hydrogens (tertiary/aromatic N) is 2. The lowest BCUT2D eigenvalue weighted by Gasteiger charge is -2.13. The van der Waals surface area contributed by atoms with E-state index in [1.165, 1.54) is 9.80 Å². The molecule has 0 spiro atoms. The zero-order chi connectivity index (χ0) is 18.1. The first kappa shape index (κ1) is 17.6. The van der Waals surface area contributed by atoms with Gasteiger partial charge in [0.15, 0.2) is 0 Å². The molecule has 0 aromatic heterocycles. The molecule has 6 nitrogen and oxygen atoms in total. The fourth-order valence-corrected chi connectivity index (χ4v) is 3.99. The molecule has 2 aliphatic heterocycles. The van der Waals surface area contributed by atoms with E-state index in [4.69, 9.17) is 17.0 Å². The fourth-order valence-electron chi connectivity index (χ4n) is 2.67. The second kappa shape index (κ2) is 6.97. The summed E-state index contributed by atoms with van der Waals surface area (Å²) in [5, 5.41) is 0. The number of ether oxygens (including phenoxy) is 1. The summed E-state index contributed by atoms with van der Waals surface area (Å²) in [6, 6.07) is 7.27. The van der Waals surface area contributed by atoms with Crippen LogP contribution in [0.25, 0.3) is 5.57 Å². The third-order valence-electron chi connectivity index (χ3n) is 3.88. The van der Waals surface area contributed by atoms with Gasteiger partial charge in [-0.2, -0.15) is 0 Å². The number of benzene rings is 1. The molecule has 0 N–H and O–H groups in total. The highest BCUT2D eigenvalue weighted by Gasteiger charge is 2.41. The third kappa shape index (κ3) is 3.07. The van der Waals surface area contributed by atoms with Crippen LogP contribution in [0.5, 0.6) is 0 Å². The van der Waals surface area contributed by atoms with Gasteiger partial charge in [0.25, 0.3) is 11.8 Å². The maximum absolute atomic E-state index is 12.8. The van der Waals surface area contributed by atoms with Crippen molar-refractivity contribution in [2.75, 3.05) is 25.1 Å². The lowest BCUT2D eigenvalue weighted by atomic mass is 10.1. The smallest absolute Gasteiger partial charge is 0.326 e. The van der Waals surface area contributed by atoms with Crippen LogP contribution in [-0.4, -0.2) is 47.2 Å². The summed E-state index contributed by atoms with van der Waals surface area (Å²) in [6.45, 7) is 1.94. The monoisotopic (exact) mass is 376 g/mol. The van der Waals surface area contributed by atoms with E-state index in [0.29, 0.717) is 24.2 Å². The number of thiocarbonyl (C=S) groups is 1. The number of para-hydroxylation sites is 1. The van der Waals surface area contributed by atoms with Gasteiger partial charge in [0.1, 0.15) is 10.9 Å². The quantitative estimate of drug-likeness (QED) is 0.456. The third-order valence-corrected chi connectivity index (χ3v) is 5.33. The van der Waals surface area contributed by atoms with Crippen molar-refractivity contribution in [3.63, 3.8) is 0 Å². The van der Waals surface area contributed by atoms with E-state index >= 15 is 0 Å². The number of hydrogen-bond acceptors (Lipinski definition) is 6. The van der Waals surface area contributed by atoms with E-state index in [-0.39, 0.29) is 21.7 Å².